The van der Waals surface area contributed by atoms with Crippen LogP contribution < -0.4 is 5.32 Å². The van der Waals surface area contributed by atoms with Gasteiger partial charge in [0.25, 0.3) is 0 Å². The number of halogens is 3. The summed E-state index contributed by atoms with van der Waals surface area (Å²) in [5.74, 6) is -0.467. The van der Waals surface area contributed by atoms with Crippen molar-refractivity contribution in [1.29, 1.82) is 0 Å². The Labute approximate surface area is 95.2 Å². The van der Waals surface area contributed by atoms with Gasteiger partial charge in [0.15, 0.2) is 0 Å². The average Bonchev–Trinajstić information content (AvgIpc) is 2.46. The number of alkyl halides is 3. The molecule has 0 aliphatic heterocycles. The second kappa shape index (κ2) is 3.75. The maximum absolute atomic E-state index is 12.9. The highest BCUT2D eigenvalue weighted by Crippen LogP contribution is 2.54. The van der Waals surface area contributed by atoms with Gasteiger partial charge in [-0.2, -0.15) is 13.2 Å². The molecule has 1 aromatic heterocycles. The van der Waals surface area contributed by atoms with Gasteiger partial charge in [0.05, 0.1) is 0 Å². The molecular formula is C10H11F3N2O2. The summed E-state index contributed by atoms with van der Waals surface area (Å²) in [5.41, 5.74) is -2.05. The molecule has 1 aliphatic rings. The smallest absolute Gasteiger partial charge is 0.338 e. The van der Waals surface area contributed by atoms with Gasteiger partial charge in [0, 0.05) is 13.0 Å². The van der Waals surface area contributed by atoms with E-state index in [1.807, 2.05) is 0 Å². The van der Waals surface area contributed by atoms with Crippen molar-refractivity contribution in [3.63, 3.8) is 0 Å². The van der Waals surface area contributed by atoms with Gasteiger partial charge in [0.1, 0.15) is 11.1 Å². The Kier molecular flexibility index (Phi) is 2.63. The van der Waals surface area contributed by atoms with Gasteiger partial charge in [-0.1, -0.05) is 11.6 Å². The molecule has 94 valence electrons. The van der Waals surface area contributed by atoms with Crippen LogP contribution in [0.15, 0.2) is 10.6 Å². The Morgan fingerprint density at radius 1 is 1.53 bits per heavy atom. The molecule has 0 unspecified atom stereocenters. The molecule has 1 heterocycles. The van der Waals surface area contributed by atoms with Crippen molar-refractivity contribution in [3.05, 3.63) is 11.8 Å². The normalized spacial score (nSPS) is 18.6. The van der Waals surface area contributed by atoms with Gasteiger partial charge in [-0.25, -0.2) is 0 Å². The van der Waals surface area contributed by atoms with Gasteiger partial charge in [-0.05, 0) is 12.8 Å². The fourth-order valence-electron chi connectivity index (χ4n) is 1.95. The number of hydrogen-bond acceptors (Lipinski definition) is 3. The fraction of sp³-hybridized carbons (Fsp3) is 0.600. The van der Waals surface area contributed by atoms with E-state index in [0.29, 0.717) is 6.42 Å². The third kappa shape index (κ3) is 1.89. The summed E-state index contributed by atoms with van der Waals surface area (Å²) in [7, 11) is 0. The predicted molar refractivity (Wildman–Crippen MR) is 52.4 cm³/mol. The molecule has 0 radical (unpaired) electrons. The van der Waals surface area contributed by atoms with Crippen LogP contribution in [0.5, 0.6) is 0 Å². The Morgan fingerprint density at radius 3 is 2.59 bits per heavy atom. The Balaban J connectivity index is 2.27. The largest absolute Gasteiger partial charge is 0.400 e. The second-order valence-corrected chi connectivity index (χ2v) is 4.19. The third-order valence-corrected chi connectivity index (χ3v) is 3.05. The lowest BCUT2D eigenvalue weighted by molar-refractivity contribution is -0.214. The molecule has 0 atom stereocenters. The van der Waals surface area contributed by atoms with Crippen LogP contribution in [0.2, 0.25) is 0 Å². The zero-order chi connectivity index (χ0) is 12.7. The zero-order valence-corrected chi connectivity index (χ0v) is 9.10. The van der Waals surface area contributed by atoms with Gasteiger partial charge in [-0.15, -0.1) is 0 Å². The topological polar surface area (TPSA) is 55.1 Å². The molecular weight excluding hydrogens is 237 g/mol. The lowest BCUT2D eigenvalue weighted by Gasteiger charge is -2.41. The minimum atomic E-state index is -4.34. The Hall–Kier alpha value is -1.53. The summed E-state index contributed by atoms with van der Waals surface area (Å²) in [4.78, 5) is 10.7. The number of nitrogens with one attached hydrogen (secondary N) is 1. The quantitative estimate of drug-likeness (QED) is 0.875. The molecule has 0 saturated heterocycles. The summed E-state index contributed by atoms with van der Waals surface area (Å²) in [6, 6.07) is 1.15. The summed E-state index contributed by atoms with van der Waals surface area (Å²) in [5, 5.41) is 5.68. The molecule has 7 heteroatoms. The lowest BCUT2D eigenvalue weighted by Crippen LogP contribution is -2.48. The average molecular weight is 248 g/mol. The van der Waals surface area contributed by atoms with Crippen molar-refractivity contribution in [2.24, 2.45) is 0 Å². The van der Waals surface area contributed by atoms with Gasteiger partial charge in [0.2, 0.25) is 11.8 Å². The van der Waals surface area contributed by atoms with Crippen LogP contribution in [0.4, 0.5) is 19.1 Å². The highest BCUT2D eigenvalue weighted by molar-refractivity contribution is 5.87. The molecule has 1 fully saturated rings. The van der Waals surface area contributed by atoms with Crippen LogP contribution in [0, 0.1) is 0 Å². The van der Waals surface area contributed by atoms with Crippen molar-refractivity contribution in [1.82, 2.24) is 5.16 Å². The maximum Gasteiger partial charge on any atom is 0.400 e. The third-order valence-electron chi connectivity index (χ3n) is 3.05. The van der Waals surface area contributed by atoms with Crippen LogP contribution in [-0.2, 0) is 10.2 Å². The van der Waals surface area contributed by atoms with E-state index in [4.69, 9.17) is 0 Å². The monoisotopic (exact) mass is 248 g/mol. The first-order chi connectivity index (χ1) is 7.85. The van der Waals surface area contributed by atoms with E-state index in [2.05, 4.69) is 15.0 Å². The van der Waals surface area contributed by atoms with Crippen molar-refractivity contribution in [2.75, 3.05) is 5.32 Å². The van der Waals surface area contributed by atoms with Crippen LogP contribution in [0.3, 0.4) is 0 Å². The SMILES string of the molecule is CC(=O)Nc1cc(C2(C(F)(F)F)CCC2)no1. The van der Waals surface area contributed by atoms with Crippen molar-refractivity contribution in [2.45, 2.75) is 37.8 Å². The second-order valence-electron chi connectivity index (χ2n) is 4.19. The van der Waals surface area contributed by atoms with Crippen LogP contribution >= 0.6 is 0 Å². The number of rotatable bonds is 2. The van der Waals surface area contributed by atoms with E-state index in [-0.39, 0.29) is 24.4 Å². The first kappa shape index (κ1) is 11.9. The van der Waals surface area contributed by atoms with Crippen LogP contribution in [-0.4, -0.2) is 17.2 Å². The molecule has 1 aromatic rings. The summed E-state index contributed by atoms with van der Waals surface area (Å²) in [6.45, 7) is 1.24. The van der Waals surface area contributed by atoms with Crippen molar-refractivity contribution >= 4 is 11.8 Å². The van der Waals surface area contributed by atoms with E-state index >= 15 is 0 Å². The summed E-state index contributed by atoms with van der Waals surface area (Å²) < 4.78 is 43.5. The Morgan fingerprint density at radius 2 is 2.18 bits per heavy atom. The van der Waals surface area contributed by atoms with Gasteiger partial charge >= 0.3 is 6.18 Å². The summed E-state index contributed by atoms with van der Waals surface area (Å²) >= 11 is 0. The molecule has 0 spiro atoms. The van der Waals surface area contributed by atoms with E-state index < -0.39 is 17.5 Å². The molecule has 0 aromatic carbocycles. The molecule has 1 aliphatic carbocycles. The fourth-order valence-corrected chi connectivity index (χ4v) is 1.95. The number of aromatic nitrogens is 1. The number of anilines is 1. The highest BCUT2D eigenvalue weighted by atomic mass is 19.4. The number of nitrogens with zero attached hydrogens (tertiary/aromatic N) is 1. The maximum atomic E-state index is 12.9. The minimum Gasteiger partial charge on any atom is -0.338 e. The number of carbonyl (C=O) groups excluding carboxylic acids is 1. The van der Waals surface area contributed by atoms with E-state index in [9.17, 15) is 18.0 Å². The number of hydrogen-bond donors (Lipinski definition) is 1. The lowest BCUT2D eigenvalue weighted by atomic mass is 9.66. The summed E-state index contributed by atoms with van der Waals surface area (Å²) in [6.07, 6.45) is -3.79. The standard InChI is InChI=1S/C10H11F3N2O2/c1-6(16)14-8-5-7(15-17-8)9(3-2-4-9)10(11,12)13/h5H,2-4H2,1H3,(H,14,16). The van der Waals surface area contributed by atoms with Crippen molar-refractivity contribution in [3.8, 4) is 0 Å². The minimum absolute atomic E-state index is 0.0164. The molecule has 17 heavy (non-hydrogen) atoms. The van der Waals surface area contributed by atoms with E-state index in [0.717, 1.165) is 6.07 Å². The van der Waals surface area contributed by atoms with Crippen LogP contribution in [0.1, 0.15) is 31.9 Å². The van der Waals surface area contributed by atoms with E-state index in [1.54, 1.807) is 0 Å². The molecule has 1 N–H and O–H groups in total. The Bertz CT molecular complexity index is 435. The van der Waals surface area contributed by atoms with Crippen LogP contribution in [0.25, 0.3) is 0 Å². The molecule has 1 amide bonds. The molecule has 4 nitrogen and oxygen atoms in total. The number of amides is 1. The van der Waals surface area contributed by atoms with Gasteiger partial charge < -0.3 is 4.52 Å². The molecule has 1 saturated carbocycles. The zero-order valence-electron chi connectivity index (χ0n) is 9.10. The number of carbonyl (C=O) groups is 1. The first-order valence-corrected chi connectivity index (χ1v) is 5.17. The van der Waals surface area contributed by atoms with Crippen molar-refractivity contribution < 1.29 is 22.5 Å². The van der Waals surface area contributed by atoms with E-state index in [1.165, 1.54) is 6.92 Å². The predicted octanol–water partition coefficient (Wildman–Crippen LogP) is 2.62. The molecule has 2 rings (SSSR count). The molecule has 0 bridgehead atoms. The highest BCUT2D eigenvalue weighted by Gasteiger charge is 2.61. The van der Waals surface area contributed by atoms with Gasteiger partial charge in [-0.3, -0.25) is 10.1 Å². The first-order valence-electron chi connectivity index (χ1n) is 5.17.